The van der Waals surface area contributed by atoms with E-state index in [1.54, 1.807) is 0 Å². The van der Waals surface area contributed by atoms with Gasteiger partial charge in [-0.1, -0.05) is 167 Å². The van der Waals surface area contributed by atoms with E-state index < -0.39 is 51.8 Å². The van der Waals surface area contributed by atoms with Gasteiger partial charge in [-0.2, -0.15) is 0 Å². The molecular formula is C42H81O10P. The highest BCUT2D eigenvalue weighted by Crippen LogP contribution is 2.43. The van der Waals surface area contributed by atoms with Gasteiger partial charge in [-0.25, -0.2) is 4.57 Å². The Morgan fingerprint density at radius 2 is 0.925 bits per heavy atom. The Balaban J connectivity index is 4.24. The predicted molar refractivity (Wildman–Crippen MR) is 215 cm³/mol. The summed E-state index contributed by atoms with van der Waals surface area (Å²) >= 11 is 0. The van der Waals surface area contributed by atoms with Crippen LogP contribution in [0.1, 0.15) is 206 Å². The van der Waals surface area contributed by atoms with Gasteiger partial charge in [0.15, 0.2) is 6.10 Å². The van der Waals surface area contributed by atoms with Crippen molar-refractivity contribution < 1.29 is 47.8 Å². The number of carbonyl (C=O) groups is 2. The van der Waals surface area contributed by atoms with Crippen LogP contribution in [0.2, 0.25) is 0 Å². The van der Waals surface area contributed by atoms with E-state index >= 15 is 0 Å². The number of carbonyl (C=O) groups excluding carboxylic acids is 2. The fourth-order valence-corrected chi connectivity index (χ4v) is 6.84. The summed E-state index contributed by atoms with van der Waals surface area (Å²) in [5.41, 5.74) is 0. The molecule has 0 saturated carbocycles. The molecule has 0 bridgehead atoms. The maximum Gasteiger partial charge on any atom is 0.472 e. The Labute approximate surface area is 324 Å². The SMILES string of the molecule is CCCCC/C=C\CCCCCCCC(=O)OC[C@H](COP(=O)(O)OC[C@@H](O)CO)OC(=O)CCCCCCCCCCCCCCCCCCCC. The van der Waals surface area contributed by atoms with Crippen molar-refractivity contribution in [3.05, 3.63) is 12.2 Å². The molecule has 0 radical (unpaired) electrons. The van der Waals surface area contributed by atoms with Crippen LogP contribution in [0, 0.1) is 0 Å². The van der Waals surface area contributed by atoms with Crippen molar-refractivity contribution in [3.63, 3.8) is 0 Å². The summed E-state index contributed by atoms with van der Waals surface area (Å²) in [6.07, 6.45) is 36.1. The molecule has 0 fully saturated rings. The van der Waals surface area contributed by atoms with E-state index in [2.05, 4.69) is 30.5 Å². The number of esters is 2. The molecule has 0 rings (SSSR count). The van der Waals surface area contributed by atoms with E-state index in [1.807, 2.05) is 0 Å². The fraction of sp³-hybridized carbons (Fsp3) is 0.905. The molecule has 0 aliphatic rings. The summed E-state index contributed by atoms with van der Waals surface area (Å²) in [6, 6.07) is 0. The van der Waals surface area contributed by atoms with Crippen molar-refractivity contribution in [3.8, 4) is 0 Å². The number of phosphoric acid groups is 1. The normalized spacial score (nSPS) is 14.0. The Morgan fingerprint density at radius 1 is 0.547 bits per heavy atom. The predicted octanol–water partition coefficient (Wildman–Crippen LogP) is 11.2. The monoisotopic (exact) mass is 777 g/mol. The molecule has 0 heterocycles. The smallest absolute Gasteiger partial charge is 0.462 e. The largest absolute Gasteiger partial charge is 0.472 e. The van der Waals surface area contributed by atoms with Crippen LogP contribution in [0.15, 0.2) is 12.2 Å². The molecule has 0 spiro atoms. The van der Waals surface area contributed by atoms with Gasteiger partial charge in [-0.05, 0) is 38.5 Å². The molecule has 0 saturated heterocycles. The zero-order valence-electron chi connectivity index (χ0n) is 34.0. The summed E-state index contributed by atoms with van der Waals surface area (Å²) in [7, 11) is -4.61. The number of aliphatic hydroxyl groups excluding tert-OH is 2. The number of hydrogen-bond acceptors (Lipinski definition) is 9. The highest BCUT2D eigenvalue weighted by atomic mass is 31.2. The average molecular weight is 777 g/mol. The Kier molecular flexibility index (Phi) is 38.0. The minimum absolute atomic E-state index is 0.188. The molecule has 0 amide bonds. The van der Waals surface area contributed by atoms with Gasteiger partial charge in [-0.15, -0.1) is 0 Å². The maximum absolute atomic E-state index is 12.6. The van der Waals surface area contributed by atoms with Gasteiger partial charge in [0.1, 0.15) is 12.7 Å². The van der Waals surface area contributed by atoms with Crippen molar-refractivity contribution >= 4 is 19.8 Å². The maximum atomic E-state index is 12.6. The van der Waals surface area contributed by atoms with Gasteiger partial charge in [-0.3, -0.25) is 18.6 Å². The number of aliphatic hydroxyl groups is 2. The molecule has 53 heavy (non-hydrogen) atoms. The van der Waals surface area contributed by atoms with Crippen LogP contribution in [-0.4, -0.2) is 65.7 Å². The molecule has 10 nitrogen and oxygen atoms in total. The first-order valence-electron chi connectivity index (χ1n) is 21.6. The highest BCUT2D eigenvalue weighted by molar-refractivity contribution is 7.47. The first-order valence-corrected chi connectivity index (χ1v) is 23.1. The molecular weight excluding hydrogens is 695 g/mol. The summed E-state index contributed by atoms with van der Waals surface area (Å²) in [5, 5.41) is 18.3. The number of hydrogen-bond donors (Lipinski definition) is 3. The average Bonchev–Trinajstić information content (AvgIpc) is 3.14. The molecule has 1 unspecified atom stereocenters. The van der Waals surface area contributed by atoms with Crippen LogP contribution in [0.25, 0.3) is 0 Å². The number of phosphoric ester groups is 1. The standard InChI is InChI=1S/C42H81O10P/c1-3-5-7-9-11-13-15-17-18-19-20-21-22-24-26-28-30-32-34-42(46)52-40(38-51-53(47,48)50-36-39(44)35-43)37-49-41(45)33-31-29-27-25-23-16-14-12-10-8-6-4-2/h12,14,39-40,43-44H,3-11,13,15-38H2,1-2H3,(H,47,48)/b14-12-/t39-,40+/m0/s1. The van der Waals surface area contributed by atoms with E-state index in [0.29, 0.717) is 12.8 Å². The lowest BCUT2D eigenvalue weighted by Crippen LogP contribution is -2.29. The third kappa shape index (κ3) is 38.8. The molecule has 0 aliphatic carbocycles. The van der Waals surface area contributed by atoms with E-state index in [4.69, 9.17) is 19.1 Å². The van der Waals surface area contributed by atoms with Crippen molar-refractivity contribution in [1.29, 1.82) is 0 Å². The van der Waals surface area contributed by atoms with Crippen molar-refractivity contribution in [2.45, 2.75) is 219 Å². The van der Waals surface area contributed by atoms with Crippen LogP contribution in [0.4, 0.5) is 0 Å². The summed E-state index contributed by atoms with van der Waals surface area (Å²) < 4.78 is 32.7. The second-order valence-corrected chi connectivity index (χ2v) is 16.2. The van der Waals surface area contributed by atoms with E-state index in [0.717, 1.165) is 57.8 Å². The molecule has 314 valence electrons. The van der Waals surface area contributed by atoms with Crippen molar-refractivity contribution in [1.82, 2.24) is 0 Å². The van der Waals surface area contributed by atoms with Crippen LogP contribution in [-0.2, 0) is 32.7 Å². The molecule has 0 aliphatic heterocycles. The van der Waals surface area contributed by atoms with Gasteiger partial charge in [0, 0.05) is 12.8 Å². The lowest BCUT2D eigenvalue weighted by atomic mass is 10.0. The van der Waals surface area contributed by atoms with Gasteiger partial charge >= 0.3 is 19.8 Å². The van der Waals surface area contributed by atoms with Crippen LogP contribution in [0.3, 0.4) is 0 Å². The fourth-order valence-electron chi connectivity index (χ4n) is 6.05. The topological polar surface area (TPSA) is 149 Å². The quantitative estimate of drug-likeness (QED) is 0.0237. The zero-order valence-corrected chi connectivity index (χ0v) is 34.9. The zero-order chi connectivity index (χ0) is 39.1. The van der Waals surface area contributed by atoms with Crippen LogP contribution < -0.4 is 0 Å². The van der Waals surface area contributed by atoms with Gasteiger partial charge in [0.25, 0.3) is 0 Å². The number of rotatable bonds is 41. The molecule has 0 aromatic rings. The molecule has 3 N–H and O–H groups in total. The van der Waals surface area contributed by atoms with E-state index in [1.165, 1.54) is 109 Å². The number of unbranched alkanes of at least 4 members (excludes halogenated alkanes) is 25. The number of ether oxygens (including phenoxy) is 2. The van der Waals surface area contributed by atoms with Crippen molar-refractivity contribution in [2.24, 2.45) is 0 Å². The van der Waals surface area contributed by atoms with Gasteiger partial charge < -0.3 is 24.6 Å². The number of allylic oxidation sites excluding steroid dienone is 2. The summed E-state index contributed by atoms with van der Waals surface area (Å²) in [6.45, 7) is 2.37. The molecule has 0 aromatic carbocycles. The second-order valence-electron chi connectivity index (χ2n) is 14.7. The second kappa shape index (κ2) is 39.0. The lowest BCUT2D eigenvalue weighted by Gasteiger charge is -2.20. The van der Waals surface area contributed by atoms with Gasteiger partial charge in [0.05, 0.1) is 19.8 Å². The Hall–Kier alpha value is -1.29. The summed E-state index contributed by atoms with van der Waals surface area (Å²) in [5.74, 6) is -0.926. The molecule has 3 atom stereocenters. The first-order chi connectivity index (χ1) is 25.7. The van der Waals surface area contributed by atoms with Crippen molar-refractivity contribution in [2.75, 3.05) is 26.4 Å². The van der Waals surface area contributed by atoms with E-state index in [9.17, 15) is 24.2 Å². The summed E-state index contributed by atoms with van der Waals surface area (Å²) in [4.78, 5) is 34.9. The van der Waals surface area contributed by atoms with Gasteiger partial charge in [0.2, 0.25) is 0 Å². The third-order valence-corrected chi connectivity index (χ3v) is 10.4. The molecule has 11 heteroatoms. The van der Waals surface area contributed by atoms with Crippen LogP contribution in [0.5, 0.6) is 0 Å². The van der Waals surface area contributed by atoms with Crippen LogP contribution >= 0.6 is 7.82 Å². The Morgan fingerprint density at radius 3 is 1.40 bits per heavy atom. The molecule has 0 aromatic heterocycles. The Bertz CT molecular complexity index is 899. The third-order valence-electron chi connectivity index (χ3n) is 9.42. The highest BCUT2D eigenvalue weighted by Gasteiger charge is 2.27. The van der Waals surface area contributed by atoms with E-state index in [-0.39, 0.29) is 19.4 Å². The lowest BCUT2D eigenvalue weighted by molar-refractivity contribution is -0.161. The minimum atomic E-state index is -4.61. The first kappa shape index (κ1) is 51.7. The minimum Gasteiger partial charge on any atom is -0.462 e.